The maximum atomic E-state index is 13.4. The Morgan fingerprint density at radius 1 is 1.44 bits per heavy atom. The van der Waals surface area contributed by atoms with Gasteiger partial charge in [-0.2, -0.15) is 0 Å². The lowest BCUT2D eigenvalue weighted by Crippen LogP contribution is -2.28. The van der Waals surface area contributed by atoms with Crippen molar-refractivity contribution in [3.05, 3.63) is 35.1 Å². The van der Waals surface area contributed by atoms with E-state index in [1.807, 2.05) is 0 Å². The third-order valence-corrected chi connectivity index (χ3v) is 2.45. The van der Waals surface area contributed by atoms with E-state index in [2.05, 4.69) is 0 Å². The average Bonchev–Trinajstić information content (AvgIpc) is 2.22. The van der Waals surface area contributed by atoms with Crippen molar-refractivity contribution in [3.8, 4) is 0 Å². The first kappa shape index (κ1) is 12.6. The van der Waals surface area contributed by atoms with E-state index >= 15 is 0 Å². The molecule has 0 aliphatic rings. The van der Waals surface area contributed by atoms with E-state index in [1.165, 1.54) is 13.2 Å². The number of esters is 1. The molecule has 1 aromatic rings. The molecule has 0 spiro atoms. The molecule has 0 aliphatic heterocycles. The topological polar surface area (TPSA) is 29.5 Å². The second-order valence-corrected chi connectivity index (χ2v) is 3.90. The summed E-state index contributed by atoms with van der Waals surface area (Å²) in [6, 6.07) is 4.20. The normalized spacial score (nSPS) is 12.6. The summed E-state index contributed by atoms with van der Waals surface area (Å²) in [6.07, 6.45) is 0. The van der Waals surface area contributed by atoms with Crippen LogP contribution in [0.1, 0.15) is 17.2 Å². The number of nitrogens with zero attached hydrogens (tertiary/aromatic N) is 1. The van der Waals surface area contributed by atoms with Crippen LogP contribution >= 0.6 is 0 Å². The molecule has 0 amide bonds. The van der Waals surface area contributed by atoms with Gasteiger partial charge in [-0.1, -0.05) is 12.1 Å². The van der Waals surface area contributed by atoms with Crippen molar-refractivity contribution in [1.29, 1.82) is 0 Å². The minimum atomic E-state index is -0.569. The summed E-state index contributed by atoms with van der Waals surface area (Å²) in [6.45, 7) is 1.68. The Kier molecular flexibility index (Phi) is 4.01. The van der Waals surface area contributed by atoms with E-state index in [-0.39, 0.29) is 5.82 Å². The summed E-state index contributed by atoms with van der Waals surface area (Å²) < 4.78 is 18.1. The van der Waals surface area contributed by atoms with Crippen LogP contribution in [0.25, 0.3) is 0 Å². The molecule has 0 aromatic heterocycles. The van der Waals surface area contributed by atoms with Crippen LogP contribution in [-0.2, 0) is 9.53 Å². The summed E-state index contributed by atoms with van der Waals surface area (Å²) in [7, 11) is 4.82. The molecule has 16 heavy (non-hydrogen) atoms. The second kappa shape index (κ2) is 5.07. The van der Waals surface area contributed by atoms with Gasteiger partial charge in [0.15, 0.2) is 0 Å². The van der Waals surface area contributed by atoms with Crippen molar-refractivity contribution in [3.63, 3.8) is 0 Å². The molecular formula is C12H16FNO2. The Morgan fingerprint density at radius 3 is 2.50 bits per heavy atom. The Balaban J connectivity index is 3.11. The summed E-state index contributed by atoms with van der Waals surface area (Å²) in [4.78, 5) is 13.3. The molecular weight excluding hydrogens is 209 g/mol. The van der Waals surface area contributed by atoms with Gasteiger partial charge in [-0.15, -0.1) is 0 Å². The van der Waals surface area contributed by atoms with E-state index < -0.39 is 12.0 Å². The molecule has 0 N–H and O–H groups in total. The summed E-state index contributed by atoms with van der Waals surface area (Å²) in [5, 5.41) is 0. The SMILES string of the molecule is COC(=O)C(c1ccc(C)c(F)c1)N(C)C. The Hall–Kier alpha value is -1.42. The van der Waals surface area contributed by atoms with Crippen LogP contribution in [-0.4, -0.2) is 32.1 Å². The average molecular weight is 225 g/mol. The molecule has 1 atom stereocenters. The molecule has 3 nitrogen and oxygen atoms in total. The molecule has 0 fully saturated rings. The van der Waals surface area contributed by atoms with Crippen molar-refractivity contribution in [2.45, 2.75) is 13.0 Å². The van der Waals surface area contributed by atoms with Crippen LogP contribution in [0.15, 0.2) is 18.2 Å². The highest BCUT2D eigenvalue weighted by molar-refractivity contribution is 5.77. The summed E-state index contributed by atoms with van der Waals surface area (Å²) in [5.41, 5.74) is 1.16. The Bertz CT molecular complexity index is 391. The van der Waals surface area contributed by atoms with Crippen molar-refractivity contribution in [2.24, 2.45) is 0 Å². The molecule has 1 rings (SSSR count). The number of benzene rings is 1. The van der Waals surface area contributed by atoms with Gasteiger partial charge < -0.3 is 4.74 Å². The van der Waals surface area contributed by atoms with Crippen LogP contribution < -0.4 is 0 Å². The number of hydrogen-bond acceptors (Lipinski definition) is 3. The third kappa shape index (κ3) is 2.58. The lowest BCUT2D eigenvalue weighted by molar-refractivity contribution is -0.146. The largest absolute Gasteiger partial charge is 0.468 e. The zero-order valence-corrected chi connectivity index (χ0v) is 9.95. The second-order valence-electron chi connectivity index (χ2n) is 3.90. The van der Waals surface area contributed by atoms with E-state index in [0.717, 1.165) is 0 Å². The van der Waals surface area contributed by atoms with Gasteiger partial charge in [0.2, 0.25) is 0 Å². The maximum Gasteiger partial charge on any atom is 0.327 e. The zero-order chi connectivity index (χ0) is 12.3. The lowest BCUT2D eigenvalue weighted by Gasteiger charge is -2.22. The molecule has 88 valence electrons. The standard InChI is InChI=1S/C12H16FNO2/c1-8-5-6-9(7-10(8)13)11(14(2)3)12(15)16-4/h5-7,11H,1-4H3. The fourth-order valence-corrected chi connectivity index (χ4v) is 1.54. The number of methoxy groups -OCH3 is 1. The molecule has 0 saturated carbocycles. The van der Waals surface area contributed by atoms with E-state index in [4.69, 9.17) is 4.74 Å². The first-order valence-electron chi connectivity index (χ1n) is 4.97. The molecule has 1 aromatic carbocycles. The first-order chi connectivity index (χ1) is 7.47. The molecule has 1 unspecified atom stereocenters. The van der Waals surface area contributed by atoms with E-state index in [9.17, 15) is 9.18 Å². The summed E-state index contributed by atoms with van der Waals surface area (Å²) >= 11 is 0. The number of likely N-dealkylation sites (N-methyl/N-ethyl adjacent to an activating group) is 1. The predicted octanol–water partition coefficient (Wildman–Crippen LogP) is 1.91. The highest BCUT2D eigenvalue weighted by Crippen LogP contribution is 2.21. The smallest absolute Gasteiger partial charge is 0.327 e. The number of carbonyl (C=O) groups is 1. The van der Waals surface area contributed by atoms with Crippen LogP contribution in [0.2, 0.25) is 0 Å². The minimum absolute atomic E-state index is 0.312. The molecule has 4 heteroatoms. The highest BCUT2D eigenvalue weighted by atomic mass is 19.1. The number of halogens is 1. The van der Waals surface area contributed by atoms with Gasteiger partial charge in [-0.25, -0.2) is 9.18 Å². The van der Waals surface area contributed by atoms with Gasteiger partial charge in [0, 0.05) is 0 Å². The Labute approximate surface area is 94.8 Å². The fraction of sp³-hybridized carbons (Fsp3) is 0.417. The lowest BCUT2D eigenvalue weighted by atomic mass is 10.0. The summed E-state index contributed by atoms with van der Waals surface area (Å²) in [5.74, 6) is -0.707. The van der Waals surface area contributed by atoms with Gasteiger partial charge in [-0.05, 0) is 38.2 Å². The van der Waals surface area contributed by atoms with Gasteiger partial charge in [-0.3, -0.25) is 4.90 Å². The fourth-order valence-electron chi connectivity index (χ4n) is 1.54. The van der Waals surface area contributed by atoms with Gasteiger partial charge >= 0.3 is 5.97 Å². The Morgan fingerprint density at radius 2 is 2.06 bits per heavy atom. The van der Waals surface area contributed by atoms with Gasteiger partial charge in [0.05, 0.1) is 7.11 Å². The van der Waals surface area contributed by atoms with Crippen LogP contribution in [0.3, 0.4) is 0 Å². The molecule has 0 bridgehead atoms. The zero-order valence-electron chi connectivity index (χ0n) is 9.95. The monoisotopic (exact) mass is 225 g/mol. The molecule has 0 radical (unpaired) electrons. The molecule has 0 aliphatic carbocycles. The minimum Gasteiger partial charge on any atom is -0.468 e. The van der Waals surface area contributed by atoms with Crippen molar-refractivity contribution < 1.29 is 13.9 Å². The van der Waals surface area contributed by atoms with Crippen LogP contribution in [0, 0.1) is 12.7 Å². The predicted molar refractivity (Wildman–Crippen MR) is 59.6 cm³/mol. The van der Waals surface area contributed by atoms with Crippen LogP contribution in [0.5, 0.6) is 0 Å². The van der Waals surface area contributed by atoms with E-state index in [0.29, 0.717) is 11.1 Å². The van der Waals surface area contributed by atoms with Gasteiger partial charge in [0.25, 0.3) is 0 Å². The number of hydrogen-bond donors (Lipinski definition) is 0. The first-order valence-corrected chi connectivity index (χ1v) is 4.97. The molecule has 0 heterocycles. The quantitative estimate of drug-likeness (QED) is 0.736. The number of ether oxygens (including phenoxy) is 1. The number of carbonyl (C=O) groups excluding carboxylic acids is 1. The molecule has 0 saturated heterocycles. The highest BCUT2D eigenvalue weighted by Gasteiger charge is 2.24. The number of rotatable bonds is 3. The van der Waals surface area contributed by atoms with Crippen molar-refractivity contribution in [2.75, 3.05) is 21.2 Å². The number of aryl methyl sites for hydroxylation is 1. The maximum absolute atomic E-state index is 13.4. The third-order valence-electron chi connectivity index (χ3n) is 2.45. The van der Waals surface area contributed by atoms with Crippen molar-refractivity contribution in [1.82, 2.24) is 4.90 Å². The van der Waals surface area contributed by atoms with Gasteiger partial charge in [0.1, 0.15) is 11.9 Å². The van der Waals surface area contributed by atoms with Crippen LogP contribution in [0.4, 0.5) is 4.39 Å². The van der Waals surface area contributed by atoms with Crippen molar-refractivity contribution >= 4 is 5.97 Å². The van der Waals surface area contributed by atoms with E-state index in [1.54, 1.807) is 38.1 Å².